The predicted octanol–water partition coefficient (Wildman–Crippen LogP) is 4.08. The number of hydrogen-bond acceptors (Lipinski definition) is 2. The van der Waals surface area contributed by atoms with Gasteiger partial charge in [0.05, 0.1) is 5.56 Å². The van der Waals surface area contributed by atoms with Crippen LogP contribution < -0.4 is 10.6 Å². The predicted molar refractivity (Wildman–Crippen MR) is 84.5 cm³/mol. The monoisotopic (exact) mass is 294 g/mol. The third-order valence-electron chi connectivity index (χ3n) is 3.85. The molecule has 0 unspecified atom stereocenters. The maximum absolute atomic E-state index is 12.3. The first kappa shape index (κ1) is 15.2. The van der Waals surface area contributed by atoms with Crippen molar-refractivity contribution in [3.05, 3.63) is 28.8 Å². The molecule has 1 aromatic carbocycles. The van der Waals surface area contributed by atoms with E-state index in [4.69, 9.17) is 11.6 Å². The van der Waals surface area contributed by atoms with Gasteiger partial charge in [-0.05, 0) is 37.0 Å². The second-order valence-electron chi connectivity index (χ2n) is 5.46. The quantitative estimate of drug-likeness (QED) is 0.795. The van der Waals surface area contributed by atoms with E-state index >= 15 is 0 Å². The molecule has 3 nitrogen and oxygen atoms in total. The van der Waals surface area contributed by atoms with Crippen molar-refractivity contribution in [1.82, 2.24) is 5.32 Å². The fourth-order valence-electron chi connectivity index (χ4n) is 2.38. The summed E-state index contributed by atoms with van der Waals surface area (Å²) in [6, 6.07) is 5.42. The van der Waals surface area contributed by atoms with E-state index in [1.807, 2.05) is 12.1 Å². The molecule has 0 spiro atoms. The molecule has 4 heteroatoms. The van der Waals surface area contributed by atoms with Crippen molar-refractivity contribution in [2.75, 3.05) is 18.4 Å². The Kier molecular flexibility index (Phi) is 5.72. The van der Waals surface area contributed by atoms with Gasteiger partial charge in [0, 0.05) is 23.8 Å². The van der Waals surface area contributed by atoms with E-state index in [9.17, 15) is 4.79 Å². The highest BCUT2D eigenvalue weighted by atomic mass is 35.5. The Labute approximate surface area is 126 Å². The topological polar surface area (TPSA) is 41.1 Å². The summed E-state index contributed by atoms with van der Waals surface area (Å²) in [5, 5.41) is 6.87. The van der Waals surface area contributed by atoms with Crippen LogP contribution in [0.4, 0.5) is 5.69 Å². The molecule has 0 radical (unpaired) electrons. The Hall–Kier alpha value is -1.22. The van der Waals surface area contributed by atoms with E-state index in [0.29, 0.717) is 10.6 Å². The summed E-state index contributed by atoms with van der Waals surface area (Å²) >= 11 is 6.00. The molecule has 0 aromatic heterocycles. The van der Waals surface area contributed by atoms with Crippen molar-refractivity contribution >= 4 is 23.2 Å². The molecule has 1 aliphatic rings. The van der Waals surface area contributed by atoms with Crippen LogP contribution >= 0.6 is 11.6 Å². The van der Waals surface area contributed by atoms with E-state index in [-0.39, 0.29) is 5.91 Å². The lowest BCUT2D eigenvalue weighted by molar-refractivity contribution is 0.0950. The number of nitrogens with one attached hydrogen (secondary N) is 2. The highest BCUT2D eigenvalue weighted by Crippen LogP contribution is 2.28. The Balaban J connectivity index is 1.93. The fourth-order valence-corrected chi connectivity index (χ4v) is 2.56. The number of hydrogen-bond donors (Lipinski definition) is 2. The van der Waals surface area contributed by atoms with Crippen molar-refractivity contribution < 1.29 is 4.79 Å². The minimum atomic E-state index is -0.0366. The van der Waals surface area contributed by atoms with Crippen LogP contribution in [0, 0.1) is 5.92 Å². The van der Waals surface area contributed by atoms with Gasteiger partial charge in [0.2, 0.25) is 0 Å². The number of anilines is 1. The van der Waals surface area contributed by atoms with E-state index in [0.717, 1.165) is 37.5 Å². The first-order chi connectivity index (χ1) is 9.70. The van der Waals surface area contributed by atoms with Gasteiger partial charge in [0.15, 0.2) is 0 Å². The summed E-state index contributed by atoms with van der Waals surface area (Å²) < 4.78 is 0. The van der Waals surface area contributed by atoms with Crippen molar-refractivity contribution in [3.8, 4) is 0 Å². The zero-order valence-electron chi connectivity index (χ0n) is 12.0. The van der Waals surface area contributed by atoms with Gasteiger partial charge in [-0.1, -0.05) is 37.8 Å². The van der Waals surface area contributed by atoms with Gasteiger partial charge in [0.25, 0.3) is 5.91 Å². The lowest BCUT2D eigenvalue weighted by Gasteiger charge is -2.25. The van der Waals surface area contributed by atoms with E-state index in [2.05, 4.69) is 17.6 Å². The average Bonchev–Trinajstić information content (AvgIpc) is 2.40. The molecule has 1 aliphatic carbocycles. The van der Waals surface area contributed by atoms with Crippen molar-refractivity contribution in [2.45, 2.75) is 39.0 Å². The molecule has 2 rings (SSSR count). The van der Waals surface area contributed by atoms with Crippen molar-refractivity contribution in [3.63, 3.8) is 0 Å². The lowest BCUT2D eigenvalue weighted by Crippen LogP contribution is -2.28. The normalized spacial score (nSPS) is 14.7. The standard InChI is InChI=1S/C16H23ClN2O/c1-2-9-18-15-7-6-13(17)11-14(15)16(20)19-10-8-12-4-3-5-12/h6-7,11-12,18H,2-5,8-10H2,1H3,(H,19,20). The summed E-state index contributed by atoms with van der Waals surface area (Å²) in [6.45, 7) is 3.70. The molecule has 0 bridgehead atoms. The summed E-state index contributed by atoms with van der Waals surface area (Å²) in [6.07, 6.45) is 6.08. The van der Waals surface area contributed by atoms with Crippen LogP contribution in [0.5, 0.6) is 0 Å². The average molecular weight is 295 g/mol. The molecule has 1 saturated carbocycles. The molecule has 0 heterocycles. The van der Waals surface area contributed by atoms with Crippen LogP contribution in [0.25, 0.3) is 0 Å². The Morgan fingerprint density at radius 2 is 2.15 bits per heavy atom. The molecule has 20 heavy (non-hydrogen) atoms. The van der Waals surface area contributed by atoms with Gasteiger partial charge in [-0.2, -0.15) is 0 Å². The number of benzene rings is 1. The number of rotatable bonds is 7. The second kappa shape index (κ2) is 7.53. The minimum Gasteiger partial charge on any atom is -0.384 e. The Bertz CT molecular complexity index is 458. The maximum Gasteiger partial charge on any atom is 0.253 e. The largest absolute Gasteiger partial charge is 0.384 e. The van der Waals surface area contributed by atoms with Crippen molar-refractivity contribution in [2.24, 2.45) is 5.92 Å². The molecule has 0 atom stereocenters. The van der Waals surface area contributed by atoms with Gasteiger partial charge >= 0.3 is 0 Å². The fraction of sp³-hybridized carbons (Fsp3) is 0.562. The van der Waals surface area contributed by atoms with Crippen LogP contribution in [-0.4, -0.2) is 19.0 Å². The Morgan fingerprint density at radius 3 is 2.80 bits per heavy atom. The molecule has 2 N–H and O–H groups in total. The highest BCUT2D eigenvalue weighted by molar-refractivity contribution is 6.31. The van der Waals surface area contributed by atoms with Crippen LogP contribution in [-0.2, 0) is 0 Å². The molecule has 0 saturated heterocycles. The summed E-state index contributed by atoms with van der Waals surface area (Å²) in [5.74, 6) is 0.776. The molecule has 110 valence electrons. The van der Waals surface area contributed by atoms with Gasteiger partial charge in [0.1, 0.15) is 0 Å². The summed E-state index contributed by atoms with van der Waals surface area (Å²) in [4.78, 5) is 12.3. The number of carbonyl (C=O) groups is 1. The minimum absolute atomic E-state index is 0.0366. The van der Waals surface area contributed by atoms with E-state index < -0.39 is 0 Å². The third-order valence-corrected chi connectivity index (χ3v) is 4.09. The first-order valence-electron chi connectivity index (χ1n) is 7.52. The zero-order valence-corrected chi connectivity index (χ0v) is 12.8. The first-order valence-corrected chi connectivity index (χ1v) is 7.90. The van der Waals surface area contributed by atoms with Gasteiger partial charge < -0.3 is 10.6 Å². The van der Waals surface area contributed by atoms with E-state index in [1.54, 1.807) is 6.07 Å². The molecular weight excluding hydrogens is 272 g/mol. The highest BCUT2D eigenvalue weighted by Gasteiger charge is 2.17. The van der Waals surface area contributed by atoms with Gasteiger partial charge in [-0.15, -0.1) is 0 Å². The second-order valence-corrected chi connectivity index (χ2v) is 5.89. The number of amides is 1. The van der Waals surface area contributed by atoms with Gasteiger partial charge in [-0.3, -0.25) is 4.79 Å². The zero-order chi connectivity index (χ0) is 14.4. The lowest BCUT2D eigenvalue weighted by atomic mass is 9.83. The van der Waals surface area contributed by atoms with Crippen molar-refractivity contribution in [1.29, 1.82) is 0 Å². The van der Waals surface area contributed by atoms with Crippen LogP contribution in [0.3, 0.4) is 0 Å². The molecule has 1 aromatic rings. The Morgan fingerprint density at radius 1 is 1.35 bits per heavy atom. The SMILES string of the molecule is CCCNc1ccc(Cl)cc1C(=O)NCCC1CCC1. The summed E-state index contributed by atoms with van der Waals surface area (Å²) in [7, 11) is 0. The smallest absolute Gasteiger partial charge is 0.253 e. The molecule has 0 aliphatic heterocycles. The molecule has 1 amide bonds. The third kappa shape index (κ3) is 4.14. The van der Waals surface area contributed by atoms with Crippen LogP contribution in [0.2, 0.25) is 5.02 Å². The van der Waals surface area contributed by atoms with E-state index in [1.165, 1.54) is 19.3 Å². The van der Waals surface area contributed by atoms with Crippen LogP contribution in [0.15, 0.2) is 18.2 Å². The number of halogens is 1. The molecular formula is C16H23ClN2O. The van der Waals surface area contributed by atoms with Gasteiger partial charge in [-0.25, -0.2) is 0 Å². The number of carbonyl (C=O) groups excluding carboxylic acids is 1. The maximum atomic E-state index is 12.3. The van der Waals surface area contributed by atoms with Crippen LogP contribution in [0.1, 0.15) is 49.4 Å². The molecule has 1 fully saturated rings. The summed E-state index contributed by atoms with van der Waals surface area (Å²) in [5.41, 5.74) is 1.50.